The molecule has 0 spiro atoms. The van der Waals surface area contributed by atoms with Gasteiger partial charge in [-0.15, -0.1) is 0 Å². The monoisotopic (exact) mass is 458 g/mol. The number of pyridine rings is 1. The van der Waals surface area contributed by atoms with Crippen molar-refractivity contribution < 1.29 is 18.7 Å². The summed E-state index contributed by atoms with van der Waals surface area (Å²) < 4.78 is 20.5. The molecular weight excluding hydrogens is 435 g/mol. The molecule has 8 heteroatoms. The fourth-order valence-corrected chi connectivity index (χ4v) is 3.88. The van der Waals surface area contributed by atoms with E-state index < -0.39 is 5.97 Å². The van der Waals surface area contributed by atoms with Gasteiger partial charge in [0.2, 0.25) is 5.91 Å². The number of benzene rings is 2. The van der Waals surface area contributed by atoms with Gasteiger partial charge in [0.1, 0.15) is 17.3 Å². The van der Waals surface area contributed by atoms with Crippen LogP contribution in [0.15, 0.2) is 73.1 Å². The van der Waals surface area contributed by atoms with Gasteiger partial charge in [0.15, 0.2) is 0 Å². The van der Waals surface area contributed by atoms with Crippen LogP contribution in [0.3, 0.4) is 0 Å². The highest BCUT2D eigenvalue weighted by Gasteiger charge is 2.28. The summed E-state index contributed by atoms with van der Waals surface area (Å²) >= 11 is 0. The maximum Gasteiger partial charge on any atom is 0.355 e. The molecule has 4 aromatic rings. The van der Waals surface area contributed by atoms with Gasteiger partial charge < -0.3 is 19.9 Å². The smallest absolute Gasteiger partial charge is 0.355 e. The lowest BCUT2D eigenvalue weighted by Crippen LogP contribution is -2.10. The number of rotatable bonds is 6. The van der Waals surface area contributed by atoms with E-state index in [0.717, 1.165) is 11.1 Å². The fraction of sp³-hybridized carbons (Fsp3) is 0.115. The van der Waals surface area contributed by atoms with Crippen molar-refractivity contribution in [1.29, 1.82) is 0 Å². The SMILES string of the molecule is COC(=O)c1c(-c2ccc(F)cc2)c(-c2ccncc2)c(Nc2cccc(NC(C)=O)c2)n1C. The topological polar surface area (TPSA) is 85.2 Å². The molecule has 0 saturated heterocycles. The van der Waals surface area contributed by atoms with Crippen LogP contribution in [0.25, 0.3) is 22.3 Å². The van der Waals surface area contributed by atoms with E-state index in [2.05, 4.69) is 15.6 Å². The summed E-state index contributed by atoms with van der Waals surface area (Å²) in [6.45, 7) is 1.44. The number of amides is 1. The third kappa shape index (κ3) is 4.52. The Morgan fingerprint density at radius 2 is 1.59 bits per heavy atom. The number of carbonyl (C=O) groups is 2. The van der Waals surface area contributed by atoms with E-state index >= 15 is 0 Å². The predicted molar refractivity (Wildman–Crippen MR) is 129 cm³/mol. The number of carbonyl (C=O) groups excluding carboxylic acids is 2. The normalized spacial score (nSPS) is 10.6. The van der Waals surface area contributed by atoms with E-state index in [1.165, 1.54) is 26.2 Å². The second-order valence-electron chi connectivity index (χ2n) is 7.63. The van der Waals surface area contributed by atoms with E-state index in [9.17, 15) is 14.0 Å². The van der Waals surface area contributed by atoms with Gasteiger partial charge in [0.05, 0.1) is 7.11 Å². The number of aromatic nitrogens is 2. The molecule has 2 aromatic carbocycles. The first-order chi connectivity index (χ1) is 16.4. The highest BCUT2D eigenvalue weighted by molar-refractivity contribution is 6.06. The van der Waals surface area contributed by atoms with Crippen LogP contribution in [0, 0.1) is 5.82 Å². The second-order valence-corrected chi connectivity index (χ2v) is 7.63. The van der Waals surface area contributed by atoms with Crippen molar-refractivity contribution >= 4 is 29.1 Å². The summed E-state index contributed by atoms with van der Waals surface area (Å²) in [5.41, 5.74) is 4.42. The van der Waals surface area contributed by atoms with Gasteiger partial charge in [-0.1, -0.05) is 18.2 Å². The van der Waals surface area contributed by atoms with Crippen LogP contribution in [0.2, 0.25) is 0 Å². The number of hydrogen-bond acceptors (Lipinski definition) is 5. The lowest BCUT2D eigenvalue weighted by Gasteiger charge is -2.13. The van der Waals surface area contributed by atoms with Crippen LogP contribution in [-0.4, -0.2) is 28.5 Å². The molecule has 1 amide bonds. The van der Waals surface area contributed by atoms with Gasteiger partial charge >= 0.3 is 5.97 Å². The number of nitrogens with zero attached hydrogens (tertiary/aromatic N) is 2. The summed E-state index contributed by atoms with van der Waals surface area (Å²) in [6.07, 6.45) is 3.32. The van der Waals surface area contributed by atoms with Gasteiger partial charge in [-0.25, -0.2) is 9.18 Å². The van der Waals surface area contributed by atoms with Gasteiger partial charge in [0, 0.05) is 48.9 Å². The summed E-state index contributed by atoms with van der Waals surface area (Å²) in [4.78, 5) is 28.5. The molecule has 0 bridgehead atoms. The lowest BCUT2D eigenvalue weighted by molar-refractivity contribution is -0.114. The van der Waals surface area contributed by atoms with Crippen molar-refractivity contribution in [3.8, 4) is 22.3 Å². The first-order valence-corrected chi connectivity index (χ1v) is 10.5. The highest BCUT2D eigenvalue weighted by Crippen LogP contribution is 2.44. The Morgan fingerprint density at radius 3 is 2.24 bits per heavy atom. The standard InChI is InChI=1S/C26H23FN4O3/c1-16(32)29-20-5-4-6-21(15-20)30-25-23(18-11-13-28-14-12-18)22(17-7-9-19(27)10-8-17)24(31(25)2)26(33)34-3/h4-15,30H,1-3H3,(H,29,32). The van der Waals surface area contributed by atoms with E-state index in [1.807, 2.05) is 24.3 Å². The number of methoxy groups -OCH3 is 1. The zero-order chi connectivity index (χ0) is 24.2. The number of halogens is 1. The molecule has 0 unspecified atom stereocenters. The van der Waals surface area contributed by atoms with Crippen molar-refractivity contribution in [3.05, 3.63) is 84.6 Å². The average Bonchev–Trinajstić information content (AvgIpc) is 3.11. The van der Waals surface area contributed by atoms with Gasteiger partial charge in [0.25, 0.3) is 0 Å². The molecule has 0 aliphatic heterocycles. The maximum atomic E-state index is 13.7. The number of hydrogen-bond donors (Lipinski definition) is 2. The van der Waals surface area contributed by atoms with Crippen molar-refractivity contribution in [1.82, 2.24) is 9.55 Å². The maximum absolute atomic E-state index is 13.7. The first kappa shape index (κ1) is 22.7. The van der Waals surface area contributed by atoms with Crippen LogP contribution < -0.4 is 10.6 Å². The first-order valence-electron chi connectivity index (χ1n) is 10.5. The molecule has 2 heterocycles. The molecule has 2 aromatic heterocycles. The van der Waals surface area contributed by atoms with Crippen molar-refractivity contribution in [2.75, 3.05) is 17.7 Å². The van der Waals surface area contributed by atoms with E-state index in [1.54, 1.807) is 48.3 Å². The predicted octanol–water partition coefficient (Wildman–Crippen LogP) is 5.38. The molecule has 2 N–H and O–H groups in total. The Kier molecular flexibility index (Phi) is 6.40. The summed E-state index contributed by atoms with van der Waals surface area (Å²) in [6, 6.07) is 16.9. The second kappa shape index (κ2) is 9.58. The minimum absolute atomic E-state index is 0.180. The van der Waals surface area contributed by atoms with Gasteiger partial charge in [-0.05, 0) is 53.6 Å². The average molecular weight is 458 g/mol. The zero-order valence-electron chi connectivity index (χ0n) is 18.9. The van der Waals surface area contributed by atoms with Crippen LogP contribution in [0.4, 0.5) is 21.6 Å². The number of esters is 1. The molecule has 0 aliphatic carbocycles. The van der Waals surface area contributed by atoms with Gasteiger partial charge in [-0.3, -0.25) is 9.78 Å². The largest absolute Gasteiger partial charge is 0.464 e. The summed E-state index contributed by atoms with van der Waals surface area (Å²) in [5.74, 6) is -0.471. The van der Waals surface area contributed by atoms with Crippen molar-refractivity contribution in [3.63, 3.8) is 0 Å². The molecule has 4 rings (SSSR count). The fourth-order valence-electron chi connectivity index (χ4n) is 3.88. The molecule has 7 nitrogen and oxygen atoms in total. The molecule has 0 aliphatic rings. The molecule has 0 saturated carbocycles. The van der Waals surface area contributed by atoms with E-state index in [4.69, 9.17) is 4.74 Å². The molecule has 0 atom stereocenters. The third-order valence-corrected chi connectivity index (χ3v) is 5.32. The number of anilines is 3. The number of ether oxygens (including phenoxy) is 1. The molecular formula is C26H23FN4O3. The Bertz CT molecular complexity index is 1350. The Balaban J connectivity index is 1.97. The van der Waals surface area contributed by atoms with Crippen molar-refractivity contribution in [2.45, 2.75) is 6.92 Å². The summed E-state index contributed by atoms with van der Waals surface area (Å²) in [7, 11) is 3.07. The van der Waals surface area contributed by atoms with Gasteiger partial charge in [-0.2, -0.15) is 0 Å². The Labute approximate surface area is 196 Å². The Morgan fingerprint density at radius 1 is 0.941 bits per heavy atom. The number of nitrogens with one attached hydrogen (secondary N) is 2. The molecule has 172 valence electrons. The molecule has 0 radical (unpaired) electrons. The quantitative estimate of drug-likeness (QED) is 0.379. The molecule has 34 heavy (non-hydrogen) atoms. The Hall–Kier alpha value is -4.46. The third-order valence-electron chi connectivity index (χ3n) is 5.32. The lowest BCUT2D eigenvalue weighted by atomic mass is 9.96. The van der Waals surface area contributed by atoms with Crippen LogP contribution >= 0.6 is 0 Å². The molecule has 0 fully saturated rings. The van der Waals surface area contributed by atoms with Crippen LogP contribution in [0.1, 0.15) is 17.4 Å². The van der Waals surface area contributed by atoms with Crippen LogP contribution in [0.5, 0.6) is 0 Å². The van der Waals surface area contributed by atoms with E-state index in [0.29, 0.717) is 34.0 Å². The minimum Gasteiger partial charge on any atom is -0.464 e. The highest BCUT2D eigenvalue weighted by atomic mass is 19.1. The summed E-state index contributed by atoms with van der Waals surface area (Å²) in [5, 5.41) is 6.15. The van der Waals surface area contributed by atoms with Crippen molar-refractivity contribution in [2.24, 2.45) is 7.05 Å². The minimum atomic E-state index is -0.530. The van der Waals surface area contributed by atoms with E-state index in [-0.39, 0.29) is 11.7 Å². The van der Waals surface area contributed by atoms with Crippen LogP contribution in [-0.2, 0) is 16.6 Å². The zero-order valence-corrected chi connectivity index (χ0v) is 18.9.